The second-order valence-corrected chi connectivity index (χ2v) is 5.78. The van der Waals surface area contributed by atoms with E-state index >= 15 is 0 Å². The van der Waals surface area contributed by atoms with Crippen LogP contribution in [0.25, 0.3) is 0 Å². The number of nitrogens with zero attached hydrogens (tertiary/aromatic N) is 1. The molecule has 0 rings (SSSR count). The Bertz CT molecular complexity index is 312. The second-order valence-electron chi connectivity index (χ2n) is 4.25. The van der Waals surface area contributed by atoms with Gasteiger partial charge in [0.05, 0.1) is 36.8 Å². The summed E-state index contributed by atoms with van der Waals surface area (Å²) in [6.07, 6.45) is 4.83. The van der Waals surface area contributed by atoms with Crippen LogP contribution < -0.4 is 0 Å². The van der Waals surface area contributed by atoms with Gasteiger partial charge in [0.25, 0.3) is 0 Å². The minimum Gasteiger partial charge on any atom is -0.748 e. The third kappa shape index (κ3) is 7.62. The van der Waals surface area contributed by atoms with Crippen LogP contribution in [0.3, 0.4) is 0 Å². The molecule has 0 N–H and O–H groups in total. The van der Waals surface area contributed by atoms with Crippen molar-refractivity contribution in [3.8, 4) is 0 Å². The van der Waals surface area contributed by atoms with E-state index in [2.05, 4.69) is 20.2 Å². The molecule has 0 unspecified atom stereocenters. The molecule has 16 heavy (non-hydrogen) atoms. The smallest absolute Gasteiger partial charge is 0.0971 e. The Morgan fingerprint density at radius 3 is 2.06 bits per heavy atom. The number of hydrogen-bond donors (Lipinski definition) is 0. The molecule has 0 bridgehead atoms. The molecule has 94 valence electrons. The van der Waals surface area contributed by atoms with Crippen LogP contribution in [0.15, 0.2) is 25.3 Å². The first-order chi connectivity index (χ1) is 7.33. The summed E-state index contributed by atoms with van der Waals surface area (Å²) in [5, 5.41) is 0. The Balaban J connectivity index is 4.03. The van der Waals surface area contributed by atoms with E-state index in [1.54, 1.807) is 0 Å². The van der Waals surface area contributed by atoms with Crippen molar-refractivity contribution in [1.82, 2.24) is 0 Å². The van der Waals surface area contributed by atoms with Crippen LogP contribution in [0.5, 0.6) is 0 Å². The Morgan fingerprint density at radius 2 is 1.69 bits per heavy atom. The molecular formula is C11H21NO3S. The number of hydrogen-bond acceptors (Lipinski definition) is 3. The molecule has 0 saturated carbocycles. The van der Waals surface area contributed by atoms with Gasteiger partial charge >= 0.3 is 0 Å². The van der Waals surface area contributed by atoms with Crippen molar-refractivity contribution in [2.45, 2.75) is 12.8 Å². The molecule has 0 amide bonds. The highest BCUT2D eigenvalue weighted by Gasteiger charge is 2.17. The lowest BCUT2D eigenvalue weighted by Gasteiger charge is -2.32. The molecule has 0 aliphatic carbocycles. The van der Waals surface area contributed by atoms with Gasteiger partial charge in [-0.1, -0.05) is 13.2 Å². The zero-order chi connectivity index (χ0) is 12.7. The molecule has 0 radical (unpaired) electrons. The molecule has 0 heterocycles. The van der Waals surface area contributed by atoms with E-state index in [-0.39, 0.29) is 5.75 Å². The maximum atomic E-state index is 10.4. The molecule has 0 fully saturated rings. The molecule has 4 nitrogen and oxygen atoms in total. The van der Waals surface area contributed by atoms with Crippen LogP contribution in [0.4, 0.5) is 0 Å². The van der Waals surface area contributed by atoms with Crippen LogP contribution in [-0.2, 0) is 10.1 Å². The molecule has 0 aromatic rings. The van der Waals surface area contributed by atoms with Gasteiger partial charge in [-0.3, -0.25) is 0 Å². The first-order valence-corrected chi connectivity index (χ1v) is 6.89. The molecule has 5 heteroatoms. The summed E-state index contributed by atoms with van der Waals surface area (Å²) in [5.74, 6) is -0.269. The summed E-state index contributed by atoms with van der Waals surface area (Å²) in [5.41, 5.74) is 0. The normalized spacial score (nSPS) is 12.4. The van der Waals surface area contributed by atoms with E-state index in [4.69, 9.17) is 0 Å². The predicted octanol–water partition coefficient (Wildman–Crippen LogP) is 1.13. The Hall–Kier alpha value is -0.650. The molecule has 0 saturated heterocycles. The third-order valence-corrected chi connectivity index (χ3v) is 3.27. The van der Waals surface area contributed by atoms with Crippen LogP contribution in [0, 0.1) is 0 Å². The molecule has 0 aliphatic rings. The van der Waals surface area contributed by atoms with Crippen LogP contribution in [-0.4, -0.2) is 49.9 Å². The summed E-state index contributed by atoms with van der Waals surface area (Å²) in [6, 6.07) is 0. The minimum absolute atomic E-state index is 0.269. The first-order valence-electron chi connectivity index (χ1n) is 5.32. The fraction of sp³-hybridized carbons (Fsp3) is 0.636. The average molecular weight is 247 g/mol. The van der Waals surface area contributed by atoms with Crippen molar-refractivity contribution in [1.29, 1.82) is 0 Å². The predicted molar refractivity (Wildman–Crippen MR) is 65.0 cm³/mol. The molecule has 0 aliphatic heterocycles. The maximum absolute atomic E-state index is 10.4. The number of quaternary nitrogens is 1. The highest BCUT2D eigenvalue weighted by molar-refractivity contribution is 7.85. The molecular weight excluding hydrogens is 226 g/mol. The van der Waals surface area contributed by atoms with E-state index in [1.165, 1.54) is 0 Å². The highest BCUT2D eigenvalue weighted by Crippen LogP contribution is 2.07. The van der Waals surface area contributed by atoms with E-state index in [9.17, 15) is 13.0 Å². The Morgan fingerprint density at radius 1 is 1.19 bits per heavy atom. The van der Waals surface area contributed by atoms with Crippen molar-refractivity contribution in [3.05, 3.63) is 25.3 Å². The fourth-order valence-electron chi connectivity index (χ4n) is 1.65. The van der Waals surface area contributed by atoms with Gasteiger partial charge in [0, 0.05) is 5.75 Å². The lowest BCUT2D eigenvalue weighted by Crippen LogP contribution is -2.45. The standard InChI is InChI=1S/C11H21NO3S/c1-4-8-12(3,9-5-2)10-6-7-11-16(13,14)15/h4-5H,1-2,6-11H2,3H3. The Labute approximate surface area is 98.6 Å². The molecule has 0 spiro atoms. The monoisotopic (exact) mass is 247 g/mol. The van der Waals surface area contributed by atoms with E-state index in [0.29, 0.717) is 6.42 Å². The van der Waals surface area contributed by atoms with E-state index < -0.39 is 10.1 Å². The van der Waals surface area contributed by atoms with Gasteiger partial charge in [0.2, 0.25) is 0 Å². The van der Waals surface area contributed by atoms with Gasteiger partial charge in [-0.25, -0.2) is 8.42 Å². The van der Waals surface area contributed by atoms with Crippen molar-refractivity contribution in [2.24, 2.45) is 0 Å². The van der Waals surface area contributed by atoms with Gasteiger partial charge in [-0.05, 0) is 25.0 Å². The van der Waals surface area contributed by atoms with Crippen LogP contribution >= 0.6 is 0 Å². The summed E-state index contributed by atoms with van der Waals surface area (Å²) in [6.45, 7) is 9.86. The minimum atomic E-state index is -4.06. The van der Waals surface area contributed by atoms with Gasteiger partial charge in [-0.15, -0.1) is 0 Å². The summed E-state index contributed by atoms with van der Waals surface area (Å²) in [7, 11) is -2.00. The fourth-order valence-corrected chi connectivity index (χ4v) is 2.21. The van der Waals surface area contributed by atoms with Crippen molar-refractivity contribution < 1.29 is 17.5 Å². The van der Waals surface area contributed by atoms with Gasteiger partial charge < -0.3 is 9.04 Å². The van der Waals surface area contributed by atoms with Gasteiger partial charge in [0.1, 0.15) is 0 Å². The lowest BCUT2D eigenvalue weighted by molar-refractivity contribution is -0.898. The number of rotatable bonds is 9. The maximum Gasteiger partial charge on any atom is 0.0971 e. The van der Waals surface area contributed by atoms with E-state index in [1.807, 2.05) is 12.2 Å². The topological polar surface area (TPSA) is 57.2 Å². The van der Waals surface area contributed by atoms with Crippen molar-refractivity contribution in [3.63, 3.8) is 0 Å². The van der Waals surface area contributed by atoms with Crippen molar-refractivity contribution >= 4 is 10.1 Å². The second kappa shape index (κ2) is 6.83. The molecule has 0 atom stereocenters. The van der Waals surface area contributed by atoms with Gasteiger partial charge in [-0.2, -0.15) is 0 Å². The van der Waals surface area contributed by atoms with Gasteiger partial charge in [0.15, 0.2) is 0 Å². The largest absolute Gasteiger partial charge is 0.748 e. The Kier molecular flexibility index (Phi) is 6.55. The number of likely N-dealkylation sites (N-methyl/N-ethyl adjacent to an activating group) is 1. The third-order valence-electron chi connectivity index (χ3n) is 2.48. The SMILES string of the molecule is C=CC[N+](C)(CC=C)CCCCS(=O)(=O)[O-]. The lowest BCUT2D eigenvalue weighted by atomic mass is 10.2. The molecule has 0 aromatic heterocycles. The highest BCUT2D eigenvalue weighted by atomic mass is 32.2. The van der Waals surface area contributed by atoms with Crippen molar-refractivity contribution in [2.75, 3.05) is 32.4 Å². The average Bonchev–Trinajstić information content (AvgIpc) is 2.12. The zero-order valence-electron chi connectivity index (χ0n) is 9.89. The summed E-state index contributed by atoms with van der Waals surface area (Å²) >= 11 is 0. The van der Waals surface area contributed by atoms with E-state index in [0.717, 1.165) is 30.5 Å². The molecule has 0 aromatic carbocycles. The number of unbranched alkanes of at least 4 members (excludes halogenated alkanes) is 1. The summed E-state index contributed by atoms with van der Waals surface area (Å²) in [4.78, 5) is 0. The van der Waals surface area contributed by atoms with Crippen LogP contribution in [0.1, 0.15) is 12.8 Å². The van der Waals surface area contributed by atoms with Crippen LogP contribution in [0.2, 0.25) is 0 Å². The quantitative estimate of drug-likeness (QED) is 0.266. The first kappa shape index (κ1) is 15.3. The zero-order valence-corrected chi connectivity index (χ0v) is 10.7. The summed E-state index contributed by atoms with van der Waals surface area (Å²) < 4.78 is 32.0.